The molecule has 0 saturated carbocycles. The van der Waals surface area contributed by atoms with E-state index in [0.717, 1.165) is 0 Å². The van der Waals surface area contributed by atoms with Crippen LogP contribution in [0.25, 0.3) is 0 Å². The quantitative estimate of drug-likeness (QED) is 0.827. The van der Waals surface area contributed by atoms with Gasteiger partial charge in [0, 0.05) is 0 Å². The Morgan fingerprint density at radius 3 is 2.47 bits per heavy atom. The normalized spacial score (nSPS) is 12.9. The molecule has 1 atom stereocenters. The van der Waals surface area contributed by atoms with E-state index in [1.807, 2.05) is 0 Å². The van der Waals surface area contributed by atoms with Crippen molar-refractivity contribution >= 4 is 5.97 Å². The Balaban J connectivity index is 2.87. The van der Waals surface area contributed by atoms with Crippen LogP contribution in [0.15, 0.2) is 18.2 Å². The maximum atomic E-state index is 11.0. The second kappa shape index (κ2) is 5.93. The largest absolute Gasteiger partial charge is 0.493 e. The third kappa shape index (κ3) is 3.86. The standard InChI is InChI=1S/C14H20O5/c1-9(15)10-5-6-11(12(7-10)18-4)19-8-14(2,3)13(16)17/h5-7,9,15H,8H2,1-4H3,(H,16,17)/t9-/m0/s1. The molecule has 106 valence electrons. The predicted molar refractivity (Wildman–Crippen MR) is 70.5 cm³/mol. The van der Waals surface area contributed by atoms with Crippen molar-refractivity contribution in [1.29, 1.82) is 0 Å². The molecule has 1 rings (SSSR count). The fourth-order valence-corrected chi connectivity index (χ4v) is 1.38. The monoisotopic (exact) mass is 268 g/mol. The van der Waals surface area contributed by atoms with Crippen LogP contribution in [0.5, 0.6) is 11.5 Å². The minimum atomic E-state index is -0.978. The minimum Gasteiger partial charge on any atom is -0.493 e. The molecule has 5 heteroatoms. The maximum Gasteiger partial charge on any atom is 0.312 e. The fourth-order valence-electron chi connectivity index (χ4n) is 1.38. The molecule has 0 aliphatic carbocycles. The van der Waals surface area contributed by atoms with Gasteiger partial charge in [0.2, 0.25) is 0 Å². The van der Waals surface area contributed by atoms with Gasteiger partial charge in [0.25, 0.3) is 0 Å². The van der Waals surface area contributed by atoms with E-state index in [4.69, 9.17) is 14.6 Å². The summed E-state index contributed by atoms with van der Waals surface area (Å²) in [7, 11) is 1.50. The zero-order valence-corrected chi connectivity index (χ0v) is 11.6. The van der Waals surface area contributed by atoms with E-state index >= 15 is 0 Å². The second-order valence-corrected chi connectivity index (χ2v) is 5.06. The van der Waals surface area contributed by atoms with Crippen LogP contribution in [-0.2, 0) is 4.79 Å². The van der Waals surface area contributed by atoms with Crippen LogP contribution in [0.2, 0.25) is 0 Å². The molecule has 2 N–H and O–H groups in total. The zero-order chi connectivity index (χ0) is 14.6. The van der Waals surface area contributed by atoms with Crippen molar-refractivity contribution < 1.29 is 24.5 Å². The molecule has 0 unspecified atom stereocenters. The van der Waals surface area contributed by atoms with Crippen LogP contribution in [0.4, 0.5) is 0 Å². The van der Waals surface area contributed by atoms with Gasteiger partial charge in [-0.1, -0.05) is 6.07 Å². The summed E-state index contributed by atoms with van der Waals surface area (Å²) in [5.41, 5.74) is -0.268. The molecule has 0 spiro atoms. The van der Waals surface area contributed by atoms with Gasteiger partial charge in [0.15, 0.2) is 11.5 Å². The summed E-state index contributed by atoms with van der Waals surface area (Å²) in [5.74, 6) is 0.00730. The number of aliphatic hydroxyl groups is 1. The van der Waals surface area contributed by atoms with Crippen LogP contribution in [-0.4, -0.2) is 29.9 Å². The van der Waals surface area contributed by atoms with Crippen molar-refractivity contribution in [3.63, 3.8) is 0 Å². The summed E-state index contributed by atoms with van der Waals surface area (Å²) >= 11 is 0. The van der Waals surface area contributed by atoms with Crippen molar-refractivity contribution in [3.8, 4) is 11.5 Å². The minimum absolute atomic E-state index is 0.0344. The number of methoxy groups -OCH3 is 1. The Hall–Kier alpha value is -1.75. The molecular weight excluding hydrogens is 248 g/mol. The summed E-state index contributed by atoms with van der Waals surface area (Å²) in [5, 5.41) is 18.5. The van der Waals surface area contributed by atoms with Crippen molar-refractivity contribution in [2.24, 2.45) is 5.41 Å². The Bertz CT molecular complexity index is 451. The Labute approximate surface area is 112 Å². The fraction of sp³-hybridized carbons (Fsp3) is 0.500. The molecule has 0 radical (unpaired) electrons. The molecule has 0 heterocycles. The van der Waals surface area contributed by atoms with Gasteiger partial charge in [-0.25, -0.2) is 0 Å². The number of benzene rings is 1. The molecule has 0 aromatic heterocycles. The van der Waals surface area contributed by atoms with E-state index < -0.39 is 17.5 Å². The average molecular weight is 268 g/mol. The predicted octanol–water partition coefficient (Wildman–Crippen LogP) is 2.24. The molecule has 0 amide bonds. The number of aliphatic hydroxyl groups excluding tert-OH is 1. The summed E-state index contributed by atoms with van der Waals surface area (Å²) in [6, 6.07) is 5.06. The van der Waals surface area contributed by atoms with Crippen molar-refractivity contribution in [2.45, 2.75) is 26.9 Å². The molecule has 1 aromatic rings. The third-order valence-electron chi connectivity index (χ3n) is 2.84. The van der Waals surface area contributed by atoms with Gasteiger partial charge in [-0.3, -0.25) is 4.79 Å². The number of hydrogen-bond acceptors (Lipinski definition) is 4. The molecular formula is C14H20O5. The Morgan fingerprint density at radius 2 is 2.00 bits per heavy atom. The second-order valence-electron chi connectivity index (χ2n) is 5.06. The number of hydrogen-bond donors (Lipinski definition) is 2. The number of rotatable bonds is 6. The van der Waals surface area contributed by atoms with Crippen molar-refractivity contribution in [2.75, 3.05) is 13.7 Å². The molecule has 0 fully saturated rings. The topological polar surface area (TPSA) is 76.0 Å². The lowest BCUT2D eigenvalue weighted by Crippen LogP contribution is -2.30. The SMILES string of the molecule is COc1cc([C@H](C)O)ccc1OCC(C)(C)C(=O)O. The molecule has 1 aromatic carbocycles. The number of aliphatic carboxylic acids is 1. The lowest BCUT2D eigenvalue weighted by atomic mass is 9.95. The van der Waals surface area contributed by atoms with Crippen LogP contribution in [0.1, 0.15) is 32.4 Å². The lowest BCUT2D eigenvalue weighted by Gasteiger charge is -2.21. The number of ether oxygens (including phenoxy) is 2. The summed E-state index contributed by atoms with van der Waals surface area (Å²) in [6.45, 7) is 4.87. The van der Waals surface area contributed by atoms with Crippen LogP contribution in [0.3, 0.4) is 0 Å². The highest BCUT2D eigenvalue weighted by atomic mass is 16.5. The van der Waals surface area contributed by atoms with Gasteiger partial charge in [0.05, 0.1) is 18.6 Å². The van der Waals surface area contributed by atoms with E-state index in [0.29, 0.717) is 17.1 Å². The molecule has 0 bridgehead atoms. The molecule has 19 heavy (non-hydrogen) atoms. The molecule has 0 saturated heterocycles. The van der Waals surface area contributed by atoms with Gasteiger partial charge < -0.3 is 19.7 Å². The van der Waals surface area contributed by atoms with Crippen LogP contribution < -0.4 is 9.47 Å². The first-order valence-corrected chi connectivity index (χ1v) is 6.00. The molecule has 5 nitrogen and oxygen atoms in total. The highest BCUT2D eigenvalue weighted by Gasteiger charge is 2.28. The van der Waals surface area contributed by atoms with Gasteiger partial charge in [-0.2, -0.15) is 0 Å². The number of carboxylic acid groups (broad SMARTS) is 1. The first-order chi connectivity index (χ1) is 8.77. The number of carbonyl (C=O) groups is 1. The summed E-state index contributed by atoms with van der Waals surface area (Å²) in [6.07, 6.45) is -0.599. The van der Waals surface area contributed by atoms with Crippen LogP contribution in [0, 0.1) is 5.41 Å². The van der Waals surface area contributed by atoms with E-state index in [1.54, 1.807) is 39.0 Å². The smallest absolute Gasteiger partial charge is 0.312 e. The Morgan fingerprint density at radius 1 is 1.37 bits per heavy atom. The average Bonchev–Trinajstić information content (AvgIpc) is 2.35. The van der Waals surface area contributed by atoms with E-state index in [1.165, 1.54) is 7.11 Å². The van der Waals surface area contributed by atoms with Gasteiger partial charge in [0.1, 0.15) is 6.61 Å². The first-order valence-electron chi connectivity index (χ1n) is 6.00. The summed E-state index contributed by atoms with van der Waals surface area (Å²) < 4.78 is 10.7. The van der Waals surface area contributed by atoms with E-state index in [9.17, 15) is 9.90 Å². The molecule has 0 aliphatic rings. The highest BCUT2D eigenvalue weighted by Crippen LogP contribution is 2.31. The highest BCUT2D eigenvalue weighted by molar-refractivity contribution is 5.73. The third-order valence-corrected chi connectivity index (χ3v) is 2.84. The lowest BCUT2D eigenvalue weighted by molar-refractivity contribution is -0.148. The van der Waals surface area contributed by atoms with Crippen molar-refractivity contribution in [3.05, 3.63) is 23.8 Å². The first kappa shape index (κ1) is 15.3. The maximum absolute atomic E-state index is 11.0. The van der Waals surface area contributed by atoms with Crippen LogP contribution >= 0.6 is 0 Å². The summed E-state index contributed by atoms with van der Waals surface area (Å²) in [4.78, 5) is 11.0. The number of carboxylic acids is 1. The van der Waals surface area contributed by atoms with Gasteiger partial charge >= 0.3 is 5.97 Å². The van der Waals surface area contributed by atoms with Gasteiger partial charge in [-0.05, 0) is 38.5 Å². The van der Waals surface area contributed by atoms with E-state index in [-0.39, 0.29) is 6.61 Å². The Kier molecular flexibility index (Phi) is 4.78. The van der Waals surface area contributed by atoms with Crippen molar-refractivity contribution in [1.82, 2.24) is 0 Å². The van der Waals surface area contributed by atoms with Gasteiger partial charge in [-0.15, -0.1) is 0 Å². The van der Waals surface area contributed by atoms with E-state index in [2.05, 4.69) is 0 Å². The molecule has 0 aliphatic heterocycles. The zero-order valence-electron chi connectivity index (χ0n) is 11.6.